The van der Waals surface area contributed by atoms with Crippen LogP contribution in [0.1, 0.15) is 26.3 Å². The van der Waals surface area contributed by atoms with Crippen LogP contribution in [0.2, 0.25) is 0 Å². The van der Waals surface area contributed by atoms with Crippen LogP contribution >= 0.6 is 0 Å². The van der Waals surface area contributed by atoms with Gasteiger partial charge in [0.25, 0.3) is 11.8 Å². The summed E-state index contributed by atoms with van der Waals surface area (Å²) in [6, 6.07) is 7.76. The third-order valence-corrected chi connectivity index (χ3v) is 4.49. The van der Waals surface area contributed by atoms with Crippen LogP contribution in [-0.4, -0.2) is 71.4 Å². The van der Waals surface area contributed by atoms with Crippen LogP contribution in [0.4, 0.5) is 4.79 Å². The minimum Gasteiger partial charge on any atom is -0.480 e. The Morgan fingerprint density at radius 1 is 1.09 bits per heavy atom. The van der Waals surface area contributed by atoms with E-state index in [4.69, 9.17) is 19.3 Å². The number of epoxide rings is 1. The van der Waals surface area contributed by atoms with Crippen LogP contribution in [0.25, 0.3) is 0 Å². The number of benzene rings is 1. The van der Waals surface area contributed by atoms with Gasteiger partial charge in [0, 0.05) is 0 Å². The SMILES string of the molecule is CCOC(=O)C1OC1C(=O)N(CC(=O)O)NC(=O)[C@@H](NC(=O)OCc1ccccc1)C(C)C. The predicted octanol–water partition coefficient (Wildman–Crippen LogP) is 0.212. The first-order valence-corrected chi connectivity index (χ1v) is 10.3. The zero-order valence-corrected chi connectivity index (χ0v) is 18.5. The Morgan fingerprint density at radius 3 is 2.33 bits per heavy atom. The highest BCUT2D eigenvalue weighted by Crippen LogP contribution is 2.25. The number of carbonyl (C=O) groups excluding carboxylic acids is 4. The summed E-state index contributed by atoms with van der Waals surface area (Å²) in [4.78, 5) is 60.4. The van der Waals surface area contributed by atoms with Crippen molar-refractivity contribution in [2.45, 2.75) is 45.6 Å². The molecule has 1 heterocycles. The van der Waals surface area contributed by atoms with E-state index in [0.717, 1.165) is 5.56 Å². The number of nitrogens with one attached hydrogen (secondary N) is 2. The second-order valence-electron chi connectivity index (χ2n) is 7.45. The van der Waals surface area contributed by atoms with E-state index < -0.39 is 60.6 Å². The van der Waals surface area contributed by atoms with E-state index in [2.05, 4.69) is 10.7 Å². The molecule has 0 aliphatic carbocycles. The van der Waals surface area contributed by atoms with Gasteiger partial charge in [0.2, 0.25) is 0 Å². The number of aliphatic carboxylic acids is 1. The highest BCUT2D eigenvalue weighted by atomic mass is 16.6. The van der Waals surface area contributed by atoms with Crippen molar-refractivity contribution in [3.63, 3.8) is 0 Å². The molecular weight excluding hydrogens is 438 g/mol. The van der Waals surface area contributed by atoms with Crippen LogP contribution in [0.15, 0.2) is 30.3 Å². The van der Waals surface area contributed by atoms with Gasteiger partial charge in [0.05, 0.1) is 6.61 Å². The molecule has 0 spiro atoms. The fourth-order valence-electron chi connectivity index (χ4n) is 2.79. The Bertz CT molecular complexity index is 875. The number of alkyl carbamates (subject to hydrolysis) is 1. The highest BCUT2D eigenvalue weighted by molar-refractivity contribution is 5.95. The first-order chi connectivity index (χ1) is 15.6. The molecule has 1 saturated heterocycles. The third kappa shape index (κ3) is 7.75. The van der Waals surface area contributed by atoms with E-state index in [1.165, 1.54) is 0 Å². The van der Waals surface area contributed by atoms with Crippen molar-refractivity contribution >= 4 is 29.8 Å². The van der Waals surface area contributed by atoms with E-state index in [0.29, 0.717) is 5.01 Å². The van der Waals surface area contributed by atoms with Crippen LogP contribution in [-0.2, 0) is 40.0 Å². The fraction of sp³-hybridized carbons (Fsp3) is 0.476. The van der Waals surface area contributed by atoms with Gasteiger partial charge < -0.3 is 24.6 Å². The molecule has 12 heteroatoms. The van der Waals surface area contributed by atoms with Gasteiger partial charge >= 0.3 is 18.0 Å². The molecule has 1 aromatic rings. The monoisotopic (exact) mass is 465 g/mol. The fourth-order valence-corrected chi connectivity index (χ4v) is 2.79. The number of hydrogen-bond acceptors (Lipinski definition) is 8. The molecule has 1 fully saturated rings. The van der Waals surface area contributed by atoms with Gasteiger partial charge in [0.1, 0.15) is 19.2 Å². The van der Waals surface area contributed by atoms with E-state index in [1.807, 2.05) is 6.07 Å². The van der Waals surface area contributed by atoms with Gasteiger partial charge in [-0.15, -0.1) is 0 Å². The zero-order valence-electron chi connectivity index (χ0n) is 18.5. The van der Waals surface area contributed by atoms with E-state index >= 15 is 0 Å². The van der Waals surface area contributed by atoms with Crippen molar-refractivity contribution in [1.29, 1.82) is 0 Å². The van der Waals surface area contributed by atoms with Crippen LogP contribution < -0.4 is 10.7 Å². The molecule has 0 bridgehead atoms. The molecule has 3 N–H and O–H groups in total. The molecule has 1 aliphatic heterocycles. The number of rotatable bonds is 10. The molecule has 12 nitrogen and oxygen atoms in total. The number of amides is 3. The number of nitrogens with zero attached hydrogens (tertiary/aromatic N) is 1. The van der Waals surface area contributed by atoms with Gasteiger partial charge in [-0.1, -0.05) is 44.2 Å². The summed E-state index contributed by atoms with van der Waals surface area (Å²) >= 11 is 0. The van der Waals surface area contributed by atoms with Gasteiger partial charge in [-0.3, -0.25) is 19.8 Å². The Kier molecular flexibility index (Phi) is 9.16. The molecule has 3 amide bonds. The maximum Gasteiger partial charge on any atom is 0.408 e. The third-order valence-electron chi connectivity index (χ3n) is 4.49. The molecule has 2 unspecified atom stereocenters. The summed E-state index contributed by atoms with van der Waals surface area (Å²) in [6.07, 6.45) is -3.31. The Hall–Kier alpha value is -3.67. The number of carboxylic acids is 1. The maximum atomic E-state index is 12.8. The summed E-state index contributed by atoms with van der Waals surface area (Å²) in [5.41, 5.74) is 2.93. The number of hydrogen-bond donors (Lipinski definition) is 3. The van der Waals surface area contributed by atoms with Crippen molar-refractivity contribution in [2.75, 3.05) is 13.2 Å². The molecule has 33 heavy (non-hydrogen) atoms. The topological polar surface area (TPSA) is 164 Å². The Labute approximate surface area is 190 Å². The molecule has 0 aromatic heterocycles. The molecule has 1 aliphatic rings. The molecule has 0 radical (unpaired) electrons. The lowest BCUT2D eigenvalue weighted by Gasteiger charge is -2.26. The van der Waals surface area contributed by atoms with Crippen LogP contribution in [0.3, 0.4) is 0 Å². The molecule has 3 atom stereocenters. The lowest BCUT2D eigenvalue weighted by Crippen LogP contribution is -2.57. The molecule has 0 saturated carbocycles. The average molecular weight is 465 g/mol. The molecule has 180 valence electrons. The van der Waals surface area contributed by atoms with Gasteiger partial charge in [-0.25, -0.2) is 14.6 Å². The van der Waals surface area contributed by atoms with Crippen LogP contribution in [0.5, 0.6) is 0 Å². The highest BCUT2D eigenvalue weighted by Gasteiger charge is 2.53. The average Bonchev–Trinajstić information content (AvgIpc) is 3.56. The summed E-state index contributed by atoms with van der Waals surface area (Å²) in [5.74, 6) is -4.38. The lowest BCUT2D eigenvalue weighted by molar-refractivity contribution is -0.151. The van der Waals surface area contributed by atoms with E-state index in [9.17, 15) is 24.0 Å². The number of esters is 1. The number of carboxylic acid groups (broad SMARTS) is 1. The Balaban J connectivity index is 1.99. The van der Waals surface area contributed by atoms with E-state index in [1.54, 1.807) is 45.0 Å². The first-order valence-electron chi connectivity index (χ1n) is 10.3. The minimum atomic E-state index is -1.41. The molecule has 1 aromatic carbocycles. The van der Waals surface area contributed by atoms with Crippen molar-refractivity contribution in [3.05, 3.63) is 35.9 Å². The largest absolute Gasteiger partial charge is 0.480 e. The normalized spacial score (nSPS) is 17.5. The summed E-state index contributed by atoms with van der Waals surface area (Å²) < 4.78 is 14.9. The molecule has 2 rings (SSSR count). The van der Waals surface area contributed by atoms with Crippen molar-refractivity contribution in [2.24, 2.45) is 5.92 Å². The number of hydrazine groups is 1. The predicted molar refractivity (Wildman–Crippen MR) is 111 cm³/mol. The Morgan fingerprint density at radius 2 is 1.76 bits per heavy atom. The first kappa shape index (κ1) is 25.6. The van der Waals surface area contributed by atoms with Gasteiger partial charge in [-0.2, -0.15) is 0 Å². The quantitative estimate of drug-likeness (QED) is 0.249. The second-order valence-corrected chi connectivity index (χ2v) is 7.45. The number of ether oxygens (including phenoxy) is 3. The lowest BCUT2D eigenvalue weighted by atomic mass is 10.0. The summed E-state index contributed by atoms with van der Waals surface area (Å²) in [7, 11) is 0. The second kappa shape index (κ2) is 11.8. The number of carbonyl (C=O) groups is 5. The standard InChI is InChI=1S/C21H27N3O9/c1-4-31-20(29)17-16(33-17)19(28)24(10-14(25)26)23-18(27)15(12(2)3)22-21(30)32-11-13-8-6-5-7-9-13/h5-9,12,15-17H,4,10-11H2,1-3H3,(H,22,30)(H,23,27)(H,25,26)/t15-,16?,17?/m0/s1. The summed E-state index contributed by atoms with van der Waals surface area (Å²) in [6.45, 7) is 4.05. The van der Waals surface area contributed by atoms with Gasteiger partial charge in [0.15, 0.2) is 12.2 Å². The molecular formula is C21H27N3O9. The van der Waals surface area contributed by atoms with Crippen molar-refractivity contribution in [1.82, 2.24) is 15.8 Å². The van der Waals surface area contributed by atoms with Crippen LogP contribution in [0, 0.1) is 5.92 Å². The summed E-state index contributed by atoms with van der Waals surface area (Å²) in [5, 5.41) is 12.0. The maximum absolute atomic E-state index is 12.8. The van der Waals surface area contributed by atoms with Gasteiger partial charge in [-0.05, 0) is 18.4 Å². The zero-order chi connectivity index (χ0) is 24.5. The van der Waals surface area contributed by atoms with Crippen molar-refractivity contribution < 1.29 is 43.3 Å². The minimum absolute atomic E-state index is 0.0169. The van der Waals surface area contributed by atoms with E-state index in [-0.39, 0.29) is 13.2 Å². The van der Waals surface area contributed by atoms with Crippen molar-refractivity contribution in [3.8, 4) is 0 Å². The smallest absolute Gasteiger partial charge is 0.408 e.